The molecule has 3 nitrogen and oxygen atoms in total. The summed E-state index contributed by atoms with van der Waals surface area (Å²) in [6, 6.07) is 5.81. The van der Waals surface area contributed by atoms with Gasteiger partial charge in [0.25, 0.3) is 5.91 Å². The standard InChI is InChI=1S/C14H16Br2N2OS/c15-9-5-6-11(12(16)7-9)14(19)18(8-13(17)20)10-3-1-2-4-10/h5-7,10H,1-4,8H2,(H2,17,20). The van der Waals surface area contributed by atoms with Gasteiger partial charge < -0.3 is 10.6 Å². The molecule has 0 radical (unpaired) electrons. The van der Waals surface area contributed by atoms with Crippen LogP contribution in [0.25, 0.3) is 0 Å². The molecule has 1 aromatic carbocycles. The summed E-state index contributed by atoms with van der Waals surface area (Å²) < 4.78 is 1.71. The summed E-state index contributed by atoms with van der Waals surface area (Å²) >= 11 is 11.8. The Hall–Kier alpha value is -0.460. The zero-order valence-electron chi connectivity index (χ0n) is 10.9. The van der Waals surface area contributed by atoms with Gasteiger partial charge >= 0.3 is 0 Å². The summed E-state index contributed by atoms with van der Waals surface area (Å²) in [4.78, 5) is 14.9. The molecule has 1 aliphatic rings. The molecule has 2 rings (SSSR count). The number of carbonyl (C=O) groups excluding carboxylic acids is 1. The summed E-state index contributed by atoms with van der Waals surface area (Å²) in [5.41, 5.74) is 6.31. The van der Waals surface area contributed by atoms with Crippen LogP contribution in [0.5, 0.6) is 0 Å². The molecule has 108 valence electrons. The average Bonchev–Trinajstić information content (AvgIpc) is 2.88. The fourth-order valence-corrected chi connectivity index (χ4v) is 3.92. The molecule has 1 aliphatic carbocycles. The number of hydrogen-bond acceptors (Lipinski definition) is 2. The summed E-state index contributed by atoms with van der Waals surface area (Å²) in [5, 5.41) is 0. The van der Waals surface area contributed by atoms with Crippen LogP contribution in [0.3, 0.4) is 0 Å². The minimum atomic E-state index is -0.0101. The van der Waals surface area contributed by atoms with Crippen molar-refractivity contribution in [2.24, 2.45) is 5.73 Å². The largest absolute Gasteiger partial charge is 0.392 e. The first-order valence-corrected chi connectivity index (χ1v) is 8.53. The highest BCUT2D eigenvalue weighted by atomic mass is 79.9. The van der Waals surface area contributed by atoms with Crippen molar-refractivity contribution in [3.63, 3.8) is 0 Å². The maximum atomic E-state index is 12.8. The molecule has 1 saturated carbocycles. The number of thiocarbonyl (C=S) groups is 1. The molecule has 0 aliphatic heterocycles. The molecule has 0 bridgehead atoms. The number of carbonyl (C=O) groups is 1. The van der Waals surface area contributed by atoms with Crippen LogP contribution < -0.4 is 5.73 Å². The molecule has 20 heavy (non-hydrogen) atoms. The third-order valence-corrected chi connectivity index (χ3v) is 4.79. The molecule has 1 fully saturated rings. The predicted octanol–water partition coefficient (Wildman–Crippen LogP) is 3.88. The van der Waals surface area contributed by atoms with Crippen LogP contribution in [0.4, 0.5) is 0 Å². The van der Waals surface area contributed by atoms with Crippen LogP contribution in [0.1, 0.15) is 36.0 Å². The van der Waals surface area contributed by atoms with Crippen molar-refractivity contribution in [3.8, 4) is 0 Å². The van der Waals surface area contributed by atoms with Gasteiger partial charge in [0.1, 0.15) is 0 Å². The molecular weight excluding hydrogens is 404 g/mol. The Bertz CT molecular complexity index is 530. The topological polar surface area (TPSA) is 46.3 Å². The van der Waals surface area contributed by atoms with E-state index in [4.69, 9.17) is 18.0 Å². The smallest absolute Gasteiger partial charge is 0.255 e. The van der Waals surface area contributed by atoms with Crippen molar-refractivity contribution in [1.82, 2.24) is 4.90 Å². The average molecular weight is 420 g/mol. The zero-order chi connectivity index (χ0) is 14.7. The number of nitrogens with zero attached hydrogens (tertiary/aromatic N) is 1. The lowest BCUT2D eigenvalue weighted by atomic mass is 10.1. The van der Waals surface area contributed by atoms with Crippen LogP contribution in [0, 0.1) is 0 Å². The predicted molar refractivity (Wildman–Crippen MR) is 91.9 cm³/mol. The quantitative estimate of drug-likeness (QED) is 0.753. The first-order chi connectivity index (χ1) is 9.49. The molecule has 0 atom stereocenters. The molecule has 0 spiro atoms. The molecule has 0 saturated heterocycles. The lowest BCUT2D eigenvalue weighted by molar-refractivity contribution is 0.0713. The van der Waals surface area contributed by atoms with E-state index >= 15 is 0 Å². The van der Waals surface area contributed by atoms with Crippen molar-refractivity contribution >= 4 is 55.0 Å². The highest BCUT2D eigenvalue weighted by molar-refractivity contribution is 9.11. The Morgan fingerprint density at radius 2 is 2.00 bits per heavy atom. The highest BCUT2D eigenvalue weighted by Crippen LogP contribution is 2.28. The first-order valence-electron chi connectivity index (χ1n) is 6.53. The molecule has 0 aromatic heterocycles. The van der Waals surface area contributed by atoms with E-state index in [1.807, 2.05) is 23.1 Å². The van der Waals surface area contributed by atoms with Gasteiger partial charge in [-0.05, 0) is 47.0 Å². The van der Waals surface area contributed by atoms with E-state index < -0.39 is 0 Å². The molecule has 1 amide bonds. The Morgan fingerprint density at radius 3 is 2.55 bits per heavy atom. The minimum absolute atomic E-state index is 0.0101. The molecule has 0 unspecified atom stereocenters. The van der Waals surface area contributed by atoms with Crippen LogP contribution in [-0.2, 0) is 0 Å². The van der Waals surface area contributed by atoms with Gasteiger partial charge in [-0.1, -0.05) is 41.0 Å². The van der Waals surface area contributed by atoms with Gasteiger partial charge in [0.05, 0.1) is 17.1 Å². The molecule has 0 heterocycles. The van der Waals surface area contributed by atoms with Gasteiger partial charge in [-0.2, -0.15) is 0 Å². The number of benzene rings is 1. The number of hydrogen-bond donors (Lipinski definition) is 1. The second-order valence-corrected chi connectivity index (χ2v) is 7.26. The highest BCUT2D eigenvalue weighted by Gasteiger charge is 2.28. The van der Waals surface area contributed by atoms with Crippen molar-refractivity contribution in [1.29, 1.82) is 0 Å². The van der Waals surface area contributed by atoms with Gasteiger partial charge in [0, 0.05) is 15.0 Å². The van der Waals surface area contributed by atoms with Crippen molar-refractivity contribution in [2.45, 2.75) is 31.7 Å². The summed E-state index contributed by atoms with van der Waals surface area (Å²) in [6.45, 7) is 0.349. The molecular formula is C14H16Br2N2OS. The minimum Gasteiger partial charge on any atom is -0.392 e. The van der Waals surface area contributed by atoms with Gasteiger partial charge in [0.15, 0.2) is 0 Å². The van der Waals surface area contributed by atoms with Gasteiger partial charge in [-0.15, -0.1) is 0 Å². The van der Waals surface area contributed by atoms with E-state index in [0.717, 1.165) is 34.6 Å². The van der Waals surface area contributed by atoms with Crippen molar-refractivity contribution in [3.05, 3.63) is 32.7 Å². The second-order valence-electron chi connectivity index (χ2n) is 4.96. The first kappa shape index (κ1) is 15.9. The molecule has 6 heteroatoms. The van der Waals surface area contributed by atoms with Crippen LogP contribution in [0.15, 0.2) is 27.1 Å². The van der Waals surface area contributed by atoms with E-state index in [1.54, 1.807) is 0 Å². The van der Waals surface area contributed by atoms with E-state index in [1.165, 1.54) is 0 Å². The Kier molecular flexibility index (Phi) is 5.57. The van der Waals surface area contributed by atoms with E-state index in [-0.39, 0.29) is 11.9 Å². The maximum absolute atomic E-state index is 12.8. The van der Waals surface area contributed by atoms with Gasteiger partial charge in [-0.3, -0.25) is 4.79 Å². The van der Waals surface area contributed by atoms with E-state index in [2.05, 4.69) is 31.9 Å². The van der Waals surface area contributed by atoms with Crippen molar-refractivity contribution < 1.29 is 4.79 Å². The summed E-state index contributed by atoms with van der Waals surface area (Å²) in [6.07, 6.45) is 4.38. The van der Waals surface area contributed by atoms with E-state index in [9.17, 15) is 4.79 Å². The van der Waals surface area contributed by atoms with Gasteiger partial charge in [0.2, 0.25) is 0 Å². The third-order valence-electron chi connectivity index (χ3n) is 3.51. The maximum Gasteiger partial charge on any atom is 0.255 e. The number of nitrogens with two attached hydrogens (primary N) is 1. The SMILES string of the molecule is NC(=S)CN(C(=O)c1ccc(Br)cc1Br)C1CCCC1. The van der Waals surface area contributed by atoms with Crippen LogP contribution in [0.2, 0.25) is 0 Å². The lowest BCUT2D eigenvalue weighted by Crippen LogP contribution is -2.43. The number of amides is 1. The Morgan fingerprint density at radius 1 is 1.35 bits per heavy atom. The Labute approximate surface area is 141 Å². The second kappa shape index (κ2) is 7.00. The summed E-state index contributed by atoms with van der Waals surface area (Å²) in [7, 11) is 0. The number of halogens is 2. The number of rotatable bonds is 4. The van der Waals surface area contributed by atoms with E-state index in [0.29, 0.717) is 17.1 Å². The molecule has 1 aromatic rings. The normalized spacial score (nSPS) is 15.3. The van der Waals surface area contributed by atoms with Crippen LogP contribution >= 0.6 is 44.1 Å². The Balaban J connectivity index is 2.27. The molecule has 2 N–H and O–H groups in total. The van der Waals surface area contributed by atoms with Crippen molar-refractivity contribution in [2.75, 3.05) is 6.54 Å². The lowest BCUT2D eigenvalue weighted by Gasteiger charge is -2.29. The summed E-state index contributed by atoms with van der Waals surface area (Å²) in [5.74, 6) is -0.0101. The van der Waals surface area contributed by atoms with Crippen LogP contribution in [-0.4, -0.2) is 28.4 Å². The van der Waals surface area contributed by atoms with Gasteiger partial charge in [-0.25, -0.2) is 0 Å². The monoisotopic (exact) mass is 418 g/mol. The zero-order valence-corrected chi connectivity index (χ0v) is 14.9. The fraction of sp³-hybridized carbons (Fsp3) is 0.429. The fourth-order valence-electron chi connectivity index (χ4n) is 2.57. The third kappa shape index (κ3) is 3.80.